The van der Waals surface area contributed by atoms with E-state index in [2.05, 4.69) is 5.32 Å². The number of hydrogen-bond donors (Lipinski definition) is 1. The van der Waals surface area contributed by atoms with Gasteiger partial charge in [-0.15, -0.1) is 0 Å². The van der Waals surface area contributed by atoms with Crippen molar-refractivity contribution in [2.45, 2.75) is 19.3 Å². The third-order valence-corrected chi connectivity index (χ3v) is 4.26. The summed E-state index contributed by atoms with van der Waals surface area (Å²) in [6.07, 6.45) is 6.22. The van der Waals surface area contributed by atoms with Gasteiger partial charge in [-0.2, -0.15) is 0 Å². The van der Waals surface area contributed by atoms with Crippen molar-refractivity contribution in [1.29, 1.82) is 0 Å². The van der Waals surface area contributed by atoms with Crippen molar-refractivity contribution in [2.24, 2.45) is 0 Å². The fourth-order valence-corrected chi connectivity index (χ4v) is 2.91. The first-order chi connectivity index (χ1) is 12.6. The minimum Gasteiger partial charge on any atom is -0.497 e. The molecule has 0 spiro atoms. The average molecular weight is 351 g/mol. The highest BCUT2D eigenvalue weighted by Gasteiger charge is 2.12. The molecular weight excluding hydrogens is 330 g/mol. The number of fused-ring (bicyclic) bond motifs is 1. The second kappa shape index (κ2) is 8.34. The van der Waals surface area contributed by atoms with E-state index >= 15 is 0 Å². The van der Waals surface area contributed by atoms with E-state index in [1.807, 2.05) is 30.3 Å². The highest BCUT2D eigenvalue weighted by Crippen LogP contribution is 2.24. The number of aryl methyl sites for hydroxylation is 2. The zero-order valence-corrected chi connectivity index (χ0v) is 14.7. The summed E-state index contributed by atoms with van der Waals surface area (Å²) in [5.41, 5.74) is 4.20. The number of hydrogen-bond acceptors (Lipinski definition) is 4. The van der Waals surface area contributed by atoms with Crippen LogP contribution in [0, 0.1) is 0 Å². The predicted octanol–water partition coefficient (Wildman–Crippen LogP) is 3.38. The quantitative estimate of drug-likeness (QED) is 0.640. The van der Waals surface area contributed by atoms with E-state index in [9.17, 15) is 9.59 Å². The summed E-state index contributed by atoms with van der Waals surface area (Å²) in [6, 6.07) is 13.2. The van der Waals surface area contributed by atoms with Crippen LogP contribution in [0.25, 0.3) is 6.08 Å². The topological polar surface area (TPSA) is 64.6 Å². The van der Waals surface area contributed by atoms with Crippen molar-refractivity contribution >= 4 is 23.6 Å². The van der Waals surface area contributed by atoms with Gasteiger partial charge in [0.25, 0.3) is 5.91 Å². The molecule has 134 valence electrons. The SMILES string of the molecule is COc1ccc(/C=C/C(=O)OCC(=O)Nc2ccc3c(c2)CCC3)cc1. The highest BCUT2D eigenvalue weighted by atomic mass is 16.5. The molecule has 5 heteroatoms. The van der Waals surface area contributed by atoms with Crippen LogP contribution < -0.4 is 10.1 Å². The number of amides is 1. The lowest BCUT2D eigenvalue weighted by molar-refractivity contribution is -0.142. The van der Waals surface area contributed by atoms with Crippen LogP contribution in [0.2, 0.25) is 0 Å². The first kappa shape index (κ1) is 17.7. The molecule has 0 atom stereocenters. The molecule has 1 amide bonds. The number of benzene rings is 2. The molecule has 0 bridgehead atoms. The molecule has 0 saturated carbocycles. The molecular formula is C21H21NO4. The van der Waals surface area contributed by atoms with Gasteiger partial charge in [0.15, 0.2) is 6.61 Å². The van der Waals surface area contributed by atoms with E-state index in [4.69, 9.17) is 9.47 Å². The fourth-order valence-electron chi connectivity index (χ4n) is 2.91. The maximum Gasteiger partial charge on any atom is 0.331 e. The van der Waals surface area contributed by atoms with Gasteiger partial charge < -0.3 is 14.8 Å². The minimum absolute atomic E-state index is 0.317. The lowest BCUT2D eigenvalue weighted by atomic mass is 10.1. The Labute approximate surface area is 152 Å². The summed E-state index contributed by atoms with van der Waals surface area (Å²) in [6.45, 7) is -0.317. The molecule has 0 aliphatic heterocycles. The van der Waals surface area contributed by atoms with Gasteiger partial charge in [-0.25, -0.2) is 4.79 Å². The van der Waals surface area contributed by atoms with E-state index in [0.29, 0.717) is 0 Å². The van der Waals surface area contributed by atoms with Gasteiger partial charge in [-0.1, -0.05) is 18.2 Å². The summed E-state index contributed by atoms with van der Waals surface area (Å²) in [4.78, 5) is 23.7. The van der Waals surface area contributed by atoms with Gasteiger partial charge >= 0.3 is 5.97 Å². The Morgan fingerprint density at radius 2 is 1.85 bits per heavy atom. The van der Waals surface area contributed by atoms with Crippen LogP contribution in [0.1, 0.15) is 23.1 Å². The fraction of sp³-hybridized carbons (Fsp3) is 0.238. The molecule has 0 heterocycles. The van der Waals surface area contributed by atoms with Gasteiger partial charge in [0.05, 0.1) is 7.11 Å². The summed E-state index contributed by atoms with van der Waals surface area (Å²) in [5, 5.41) is 2.76. The van der Waals surface area contributed by atoms with E-state index < -0.39 is 5.97 Å². The number of carbonyl (C=O) groups excluding carboxylic acids is 2. The third-order valence-electron chi connectivity index (χ3n) is 4.26. The average Bonchev–Trinajstić information content (AvgIpc) is 3.13. The Morgan fingerprint density at radius 1 is 1.08 bits per heavy atom. The van der Waals surface area contributed by atoms with Crippen molar-refractivity contribution in [2.75, 3.05) is 19.0 Å². The van der Waals surface area contributed by atoms with Gasteiger partial charge in [0.1, 0.15) is 5.75 Å². The molecule has 0 fully saturated rings. The molecule has 1 aliphatic rings. The number of nitrogens with one attached hydrogen (secondary N) is 1. The molecule has 0 aromatic heterocycles. The zero-order valence-electron chi connectivity index (χ0n) is 14.7. The molecule has 0 radical (unpaired) electrons. The first-order valence-corrected chi connectivity index (χ1v) is 8.54. The van der Waals surface area contributed by atoms with Gasteiger partial charge in [-0.3, -0.25) is 4.79 Å². The van der Waals surface area contributed by atoms with Gasteiger partial charge in [0, 0.05) is 11.8 Å². The summed E-state index contributed by atoms with van der Waals surface area (Å²) < 4.78 is 10.0. The smallest absolute Gasteiger partial charge is 0.331 e. The van der Waals surface area contributed by atoms with Crippen LogP contribution in [-0.4, -0.2) is 25.6 Å². The van der Waals surface area contributed by atoms with Crippen LogP contribution in [0.3, 0.4) is 0 Å². The summed E-state index contributed by atoms with van der Waals surface area (Å²) in [5.74, 6) is -0.174. The largest absolute Gasteiger partial charge is 0.497 e. The molecule has 3 rings (SSSR count). The van der Waals surface area contributed by atoms with Crippen molar-refractivity contribution in [3.8, 4) is 5.75 Å². The lowest BCUT2D eigenvalue weighted by Crippen LogP contribution is -2.20. The molecule has 1 N–H and O–H groups in total. The minimum atomic E-state index is -0.565. The number of esters is 1. The lowest BCUT2D eigenvalue weighted by Gasteiger charge is -2.07. The van der Waals surface area contributed by atoms with Crippen LogP contribution in [0.5, 0.6) is 5.75 Å². The predicted molar refractivity (Wildman–Crippen MR) is 100 cm³/mol. The number of rotatable bonds is 6. The van der Waals surface area contributed by atoms with Crippen molar-refractivity contribution < 1.29 is 19.1 Å². The Morgan fingerprint density at radius 3 is 2.62 bits per heavy atom. The number of ether oxygens (including phenoxy) is 2. The molecule has 1 aliphatic carbocycles. The molecule has 0 unspecified atom stereocenters. The Kier molecular flexibility index (Phi) is 5.69. The maximum absolute atomic E-state index is 11.9. The van der Waals surface area contributed by atoms with E-state index in [-0.39, 0.29) is 12.5 Å². The Hall–Kier alpha value is -3.08. The van der Waals surface area contributed by atoms with Gasteiger partial charge in [0.2, 0.25) is 0 Å². The Bertz CT molecular complexity index is 824. The Balaban J connectivity index is 1.46. The van der Waals surface area contributed by atoms with Crippen LogP contribution in [0.4, 0.5) is 5.69 Å². The van der Waals surface area contributed by atoms with E-state index in [1.54, 1.807) is 25.3 Å². The van der Waals surface area contributed by atoms with Crippen molar-refractivity contribution in [1.82, 2.24) is 0 Å². The van der Waals surface area contributed by atoms with Crippen LogP contribution in [-0.2, 0) is 27.2 Å². The third kappa shape index (κ3) is 4.72. The van der Waals surface area contributed by atoms with Crippen molar-refractivity contribution in [3.05, 3.63) is 65.2 Å². The first-order valence-electron chi connectivity index (χ1n) is 8.54. The van der Waals surface area contributed by atoms with E-state index in [0.717, 1.165) is 36.3 Å². The second-order valence-electron chi connectivity index (χ2n) is 6.10. The van der Waals surface area contributed by atoms with Crippen molar-refractivity contribution in [3.63, 3.8) is 0 Å². The number of carbonyl (C=O) groups is 2. The number of methoxy groups -OCH3 is 1. The highest BCUT2D eigenvalue weighted by molar-refractivity contribution is 5.94. The zero-order chi connectivity index (χ0) is 18.4. The molecule has 5 nitrogen and oxygen atoms in total. The maximum atomic E-state index is 11.9. The number of anilines is 1. The molecule has 2 aromatic rings. The van der Waals surface area contributed by atoms with Crippen LogP contribution in [0.15, 0.2) is 48.5 Å². The second-order valence-corrected chi connectivity index (χ2v) is 6.10. The standard InChI is InChI=1S/C21H21NO4/c1-25-19-10-5-15(6-11-19)7-12-21(24)26-14-20(23)22-18-9-8-16-3-2-4-17(16)13-18/h5-13H,2-4,14H2,1H3,(H,22,23)/b12-7+. The monoisotopic (exact) mass is 351 g/mol. The molecule has 2 aromatic carbocycles. The summed E-state index contributed by atoms with van der Waals surface area (Å²) in [7, 11) is 1.59. The van der Waals surface area contributed by atoms with Gasteiger partial charge in [-0.05, 0) is 66.3 Å². The van der Waals surface area contributed by atoms with E-state index in [1.165, 1.54) is 17.2 Å². The van der Waals surface area contributed by atoms with Crippen LogP contribution >= 0.6 is 0 Å². The molecule has 26 heavy (non-hydrogen) atoms. The molecule has 0 saturated heterocycles. The normalized spacial score (nSPS) is 12.7. The summed E-state index contributed by atoms with van der Waals surface area (Å²) >= 11 is 0.